The van der Waals surface area contributed by atoms with Gasteiger partial charge in [-0.2, -0.15) is 10.4 Å². The molecule has 2 radical (unpaired) electrons. The smallest absolute Gasteiger partial charge is 0.144 e. The van der Waals surface area contributed by atoms with E-state index in [0.29, 0.717) is 16.9 Å². The highest BCUT2D eigenvalue weighted by Gasteiger charge is 2.12. The third kappa shape index (κ3) is 3.54. The van der Waals surface area contributed by atoms with Crippen LogP contribution in [0.1, 0.15) is 25.0 Å². The first kappa shape index (κ1) is 17.5. The predicted molar refractivity (Wildman–Crippen MR) is 95.1 cm³/mol. The first-order chi connectivity index (χ1) is 11.6. The molecular formula is C19H17BFN3. The number of aryl methyl sites for hydroxylation is 1. The van der Waals surface area contributed by atoms with Gasteiger partial charge in [0.25, 0.3) is 0 Å². The van der Waals surface area contributed by atoms with Crippen molar-refractivity contribution < 1.29 is 4.39 Å². The Morgan fingerprint density at radius 2 is 1.75 bits per heavy atom. The maximum Gasteiger partial charge on any atom is 0.144 e. The number of benzene rings is 2. The van der Waals surface area contributed by atoms with Gasteiger partial charge in [-0.25, -0.2) is 9.07 Å². The fourth-order valence-electron chi connectivity index (χ4n) is 2.25. The van der Waals surface area contributed by atoms with Gasteiger partial charge in [-0.15, -0.1) is 0 Å². The summed E-state index contributed by atoms with van der Waals surface area (Å²) in [4.78, 5) is 0. The van der Waals surface area contributed by atoms with E-state index >= 15 is 0 Å². The summed E-state index contributed by atoms with van der Waals surface area (Å²) in [5.74, 6) is -0.560. The Morgan fingerprint density at radius 3 is 2.33 bits per heavy atom. The zero-order chi connectivity index (χ0) is 17.7. The van der Waals surface area contributed by atoms with E-state index in [-0.39, 0.29) is 5.56 Å². The highest BCUT2D eigenvalue weighted by Crippen LogP contribution is 2.23. The molecule has 0 N–H and O–H groups in total. The lowest BCUT2D eigenvalue weighted by Crippen LogP contribution is -2.06. The van der Waals surface area contributed by atoms with Gasteiger partial charge in [0.15, 0.2) is 0 Å². The van der Waals surface area contributed by atoms with Crippen LogP contribution in [0, 0.1) is 24.1 Å². The van der Waals surface area contributed by atoms with Crippen LogP contribution in [0.15, 0.2) is 48.5 Å². The third-order valence-corrected chi connectivity index (χ3v) is 3.39. The number of hydrogen-bond acceptors (Lipinski definition) is 2. The molecule has 0 unspecified atom stereocenters. The second kappa shape index (κ2) is 7.61. The Bertz CT molecular complexity index is 877. The second-order valence-electron chi connectivity index (χ2n) is 5.01. The largest absolute Gasteiger partial charge is 0.234 e. The summed E-state index contributed by atoms with van der Waals surface area (Å²) in [7, 11) is 5.80. The van der Waals surface area contributed by atoms with Crippen molar-refractivity contribution in [1.29, 1.82) is 5.26 Å². The van der Waals surface area contributed by atoms with Crippen LogP contribution in [0.5, 0.6) is 0 Å². The standard InChI is InChI=1S/C17H11BFN3.C2H6/c1-11-2-6-14(7-3-11)22-16(9-17(18)21-22)12-4-5-13(10-20)15(19)8-12;1-2/h2-9H,1H3;1-2H3. The van der Waals surface area contributed by atoms with Crippen LogP contribution < -0.4 is 5.59 Å². The van der Waals surface area contributed by atoms with Crippen molar-refractivity contribution in [2.45, 2.75) is 20.8 Å². The second-order valence-corrected chi connectivity index (χ2v) is 5.01. The highest BCUT2D eigenvalue weighted by atomic mass is 19.1. The van der Waals surface area contributed by atoms with Crippen molar-refractivity contribution in [3.63, 3.8) is 0 Å². The zero-order valence-electron chi connectivity index (χ0n) is 13.9. The monoisotopic (exact) mass is 317 g/mol. The molecule has 1 aromatic heterocycles. The molecule has 0 fully saturated rings. The molecule has 0 bridgehead atoms. The fraction of sp³-hybridized carbons (Fsp3) is 0.158. The lowest BCUT2D eigenvalue weighted by atomic mass is 10.0. The van der Waals surface area contributed by atoms with E-state index in [0.717, 1.165) is 11.3 Å². The SMILES string of the molecule is CC.[B]c1cc(-c2ccc(C#N)c(F)c2)n(-c2ccc(C)cc2)n1. The predicted octanol–water partition coefficient (Wildman–Crippen LogP) is 3.68. The minimum atomic E-state index is -0.560. The van der Waals surface area contributed by atoms with Crippen LogP contribution in [0.3, 0.4) is 0 Å². The van der Waals surface area contributed by atoms with Crippen molar-refractivity contribution in [1.82, 2.24) is 9.78 Å². The molecule has 3 aromatic rings. The summed E-state index contributed by atoms with van der Waals surface area (Å²) >= 11 is 0. The van der Waals surface area contributed by atoms with E-state index in [2.05, 4.69) is 5.10 Å². The minimum absolute atomic E-state index is 0.0122. The summed E-state index contributed by atoms with van der Waals surface area (Å²) in [6, 6.07) is 15.7. The normalized spacial score (nSPS) is 9.79. The van der Waals surface area contributed by atoms with Crippen molar-refractivity contribution >= 4 is 13.4 Å². The molecule has 2 aromatic carbocycles. The first-order valence-corrected chi connectivity index (χ1v) is 7.71. The van der Waals surface area contributed by atoms with Crippen LogP contribution in [0.4, 0.5) is 4.39 Å². The molecule has 0 atom stereocenters. The van der Waals surface area contributed by atoms with Crippen LogP contribution in [0.25, 0.3) is 16.9 Å². The number of halogens is 1. The molecule has 0 saturated carbocycles. The molecule has 0 saturated heterocycles. The van der Waals surface area contributed by atoms with Crippen molar-refractivity contribution in [3.05, 3.63) is 65.5 Å². The Kier molecular flexibility index (Phi) is 5.54. The molecule has 0 aliphatic carbocycles. The van der Waals surface area contributed by atoms with Crippen molar-refractivity contribution in [2.24, 2.45) is 0 Å². The van der Waals surface area contributed by atoms with Gasteiger partial charge in [0.05, 0.1) is 16.9 Å². The zero-order valence-corrected chi connectivity index (χ0v) is 13.9. The third-order valence-electron chi connectivity index (χ3n) is 3.39. The van der Waals surface area contributed by atoms with Gasteiger partial charge in [-0.1, -0.05) is 37.6 Å². The van der Waals surface area contributed by atoms with E-state index in [1.807, 2.05) is 51.1 Å². The minimum Gasteiger partial charge on any atom is -0.234 e. The van der Waals surface area contributed by atoms with E-state index in [1.54, 1.807) is 16.8 Å². The molecule has 5 heteroatoms. The van der Waals surface area contributed by atoms with Gasteiger partial charge >= 0.3 is 0 Å². The van der Waals surface area contributed by atoms with Crippen molar-refractivity contribution in [3.8, 4) is 23.0 Å². The number of nitriles is 1. The van der Waals surface area contributed by atoms with Crippen molar-refractivity contribution in [2.75, 3.05) is 0 Å². The number of hydrogen-bond donors (Lipinski definition) is 0. The van der Waals surface area contributed by atoms with Crippen LogP contribution >= 0.6 is 0 Å². The van der Waals surface area contributed by atoms with Gasteiger partial charge in [-0.05, 0) is 37.3 Å². The molecule has 0 aliphatic heterocycles. The fourth-order valence-corrected chi connectivity index (χ4v) is 2.25. The van der Waals surface area contributed by atoms with Gasteiger partial charge in [-0.3, -0.25) is 0 Å². The summed E-state index contributed by atoms with van der Waals surface area (Å²) in [6.07, 6.45) is 0. The van der Waals surface area contributed by atoms with Gasteiger partial charge < -0.3 is 0 Å². The highest BCUT2D eigenvalue weighted by molar-refractivity contribution is 6.31. The maximum atomic E-state index is 13.8. The number of rotatable bonds is 2. The van der Waals surface area contributed by atoms with Gasteiger partial charge in [0.2, 0.25) is 0 Å². The molecule has 0 aliphatic rings. The molecule has 1 heterocycles. The van der Waals surface area contributed by atoms with Crippen LogP contribution in [-0.4, -0.2) is 17.6 Å². The van der Waals surface area contributed by atoms with Crippen LogP contribution in [-0.2, 0) is 0 Å². The summed E-state index contributed by atoms with van der Waals surface area (Å²) < 4.78 is 15.5. The molecule has 0 amide bonds. The van der Waals surface area contributed by atoms with E-state index in [9.17, 15) is 4.39 Å². The number of nitrogens with zero attached hydrogens (tertiary/aromatic N) is 3. The lowest BCUT2D eigenvalue weighted by Gasteiger charge is -2.08. The van der Waals surface area contributed by atoms with Gasteiger partial charge in [0.1, 0.15) is 19.7 Å². The topological polar surface area (TPSA) is 41.6 Å². The molecular weight excluding hydrogens is 300 g/mol. The van der Waals surface area contributed by atoms with E-state index < -0.39 is 5.82 Å². The molecule has 24 heavy (non-hydrogen) atoms. The first-order valence-electron chi connectivity index (χ1n) is 7.71. The Hall–Kier alpha value is -2.87. The van der Waals surface area contributed by atoms with Crippen LogP contribution in [0.2, 0.25) is 0 Å². The average Bonchev–Trinajstić information content (AvgIpc) is 2.99. The Labute approximate surface area is 142 Å². The van der Waals surface area contributed by atoms with Gasteiger partial charge in [0, 0.05) is 11.2 Å². The lowest BCUT2D eigenvalue weighted by molar-refractivity contribution is 0.624. The molecule has 3 nitrogen and oxygen atoms in total. The Balaban J connectivity index is 0.00000100. The summed E-state index contributed by atoms with van der Waals surface area (Å²) in [5.41, 5.74) is 3.61. The summed E-state index contributed by atoms with van der Waals surface area (Å²) in [5, 5.41) is 13.1. The maximum absolute atomic E-state index is 13.8. The molecule has 118 valence electrons. The quantitative estimate of drug-likeness (QED) is 0.677. The molecule has 0 spiro atoms. The molecule has 3 rings (SSSR count). The van der Waals surface area contributed by atoms with E-state index in [1.165, 1.54) is 12.1 Å². The average molecular weight is 317 g/mol. The number of aromatic nitrogens is 2. The van der Waals surface area contributed by atoms with E-state index in [4.69, 9.17) is 13.1 Å². The Morgan fingerprint density at radius 1 is 1.08 bits per heavy atom. The summed E-state index contributed by atoms with van der Waals surface area (Å²) in [6.45, 7) is 6.00.